The average Bonchev–Trinajstić information content (AvgIpc) is 3.65. The zero-order valence-electron chi connectivity index (χ0n) is 25.1. The fourth-order valence-corrected chi connectivity index (χ4v) is 7.42. The van der Waals surface area contributed by atoms with Crippen LogP contribution >= 0.6 is 0 Å². The van der Waals surface area contributed by atoms with Crippen molar-refractivity contribution < 1.29 is 27.2 Å². The molecule has 0 aromatic heterocycles. The quantitative estimate of drug-likeness (QED) is 0.368. The van der Waals surface area contributed by atoms with Crippen molar-refractivity contribution in [3.8, 4) is 6.07 Å². The molecule has 3 amide bonds. The molecule has 0 radical (unpaired) electrons. The number of rotatable bonds is 10. The molecule has 2 aromatic carbocycles. The molecule has 3 aliphatic rings. The van der Waals surface area contributed by atoms with Crippen LogP contribution in [0.25, 0.3) is 0 Å². The summed E-state index contributed by atoms with van der Waals surface area (Å²) in [7, 11) is -4.18. The lowest BCUT2D eigenvalue weighted by Gasteiger charge is -2.32. The maximum absolute atomic E-state index is 14.2. The highest BCUT2D eigenvalue weighted by molar-refractivity contribution is 7.89. The Kier molecular flexibility index (Phi) is 8.57. The second-order valence-corrected chi connectivity index (χ2v) is 15.1. The zero-order chi connectivity index (χ0) is 31.9. The Hall–Kier alpha value is -3.82. The summed E-state index contributed by atoms with van der Waals surface area (Å²) in [6.45, 7) is 5.71. The highest BCUT2D eigenvalue weighted by Crippen LogP contribution is 2.46. The van der Waals surface area contributed by atoms with Gasteiger partial charge in [0.1, 0.15) is 23.9 Å². The fraction of sp³-hybridized carbons (Fsp3) is 0.500. The Morgan fingerprint density at radius 3 is 2.45 bits per heavy atom. The normalized spacial score (nSPS) is 22.7. The van der Waals surface area contributed by atoms with Crippen LogP contribution in [0.3, 0.4) is 0 Å². The minimum absolute atomic E-state index is 0.0221. The number of amides is 3. The number of anilines is 1. The van der Waals surface area contributed by atoms with E-state index in [1.807, 2.05) is 32.9 Å². The summed E-state index contributed by atoms with van der Waals surface area (Å²) in [6, 6.07) is 10.6. The molecular weight excluding hydrogens is 585 g/mol. The van der Waals surface area contributed by atoms with Gasteiger partial charge in [0.05, 0.1) is 16.4 Å². The number of carbonyl (C=O) groups excluding carboxylic acids is 3. The molecule has 2 heterocycles. The third kappa shape index (κ3) is 6.64. The van der Waals surface area contributed by atoms with Gasteiger partial charge >= 0.3 is 0 Å². The van der Waals surface area contributed by atoms with E-state index < -0.39 is 56.6 Å². The van der Waals surface area contributed by atoms with E-state index in [2.05, 4.69) is 21.4 Å². The molecule has 2 fully saturated rings. The molecule has 4 atom stereocenters. The number of sulfonamides is 1. The van der Waals surface area contributed by atoms with Gasteiger partial charge in [-0.05, 0) is 66.5 Å². The molecule has 234 valence electrons. The van der Waals surface area contributed by atoms with Crippen molar-refractivity contribution in [2.75, 3.05) is 11.9 Å². The average molecular weight is 624 g/mol. The van der Waals surface area contributed by atoms with Crippen LogP contribution < -0.4 is 15.4 Å². The van der Waals surface area contributed by atoms with Gasteiger partial charge in [-0.25, -0.2) is 12.8 Å². The van der Waals surface area contributed by atoms with Crippen molar-refractivity contribution in [2.24, 2.45) is 11.3 Å². The summed E-state index contributed by atoms with van der Waals surface area (Å²) in [6.07, 6.45) is 3.19. The van der Waals surface area contributed by atoms with Crippen molar-refractivity contribution in [1.82, 2.24) is 14.9 Å². The molecule has 5 rings (SSSR count). The van der Waals surface area contributed by atoms with Gasteiger partial charge in [-0.15, -0.1) is 0 Å². The minimum Gasteiger partial charge on any atom is -0.343 e. The van der Waals surface area contributed by atoms with Crippen LogP contribution in [0.2, 0.25) is 0 Å². The molecule has 2 aromatic rings. The van der Waals surface area contributed by atoms with Crippen molar-refractivity contribution in [2.45, 2.75) is 87.7 Å². The topological polar surface area (TPSA) is 148 Å². The van der Waals surface area contributed by atoms with E-state index in [0.29, 0.717) is 18.0 Å². The maximum atomic E-state index is 14.2. The number of halogens is 1. The van der Waals surface area contributed by atoms with Gasteiger partial charge in [0, 0.05) is 18.7 Å². The van der Waals surface area contributed by atoms with Crippen LogP contribution in [0.15, 0.2) is 53.4 Å². The molecule has 44 heavy (non-hydrogen) atoms. The Labute approximate surface area is 257 Å². The monoisotopic (exact) mass is 623 g/mol. The van der Waals surface area contributed by atoms with E-state index in [1.54, 1.807) is 12.1 Å². The van der Waals surface area contributed by atoms with Gasteiger partial charge < -0.3 is 15.5 Å². The highest BCUT2D eigenvalue weighted by atomic mass is 32.2. The molecule has 10 nitrogen and oxygen atoms in total. The SMILES string of the molecule is CC(C)(C)C[C@H](NC(=O)[C@H](CCC1CC1)NS(=O)(=O)c1ccc(F)cc1)C(=O)N1C[C@]2(C[C@H]1C#N)C(=O)Nc1ccccc12. The Balaban J connectivity index is 1.39. The van der Waals surface area contributed by atoms with Crippen LogP contribution in [0, 0.1) is 28.5 Å². The van der Waals surface area contributed by atoms with Crippen molar-refractivity contribution in [3.05, 3.63) is 59.9 Å². The van der Waals surface area contributed by atoms with E-state index in [9.17, 15) is 32.5 Å². The molecule has 0 bridgehead atoms. The second-order valence-electron chi connectivity index (χ2n) is 13.4. The molecule has 3 N–H and O–H groups in total. The van der Waals surface area contributed by atoms with Gasteiger partial charge in [0.2, 0.25) is 27.7 Å². The summed E-state index contributed by atoms with van der Waals surface area (Å²) in [5.74, 6) is -1.62. The first kappa shape index (κ1) is 31.6. The number of nitrogens with zero attached hydrogens (tertiary/aromatic N) is 2. The maximum Gasteiger partial charge on any atom is 0.246 e. The minimum atomic E-state index is -4.18. The smallest absolute Gasteiger partial charge is 0.246 e. The van der Waals surface area contributed by atoms with Crippen LogP contribution in [0.5, 0.6) is 0 Å². The van der Waals surface area contributed by atoms with Crippen LogP contribution in [-0.4, -0.2) is 55.7 Å². The molecule has 1 aliphatic carbocycles. The van der Waals surface area contributed by atoms with E-state index >= 15 is 0 Å². The molecule has 1 spiro atoms. The van der Waals surface area contributed by atoms with Crippen molar-refractivity contribution >= 4 is 33.4 Å². The number of hydrogen-bond acceptors (Lipinski definition) is 6. The molecule has 12 heteroatoms. The summed E-state index contributed by atoms with van der Waals surface area (Å²) in [4.78, 5) is 42.4. The number of hydrogen-bond donors (Lipinski definition) is 3. The molecular formula is C32H38FN5O5S. The van der Waals surface area contributed by atoms with Crippen molar-refractivity contribution in [3.63, 3.8) is 0 Å². The number of para-hydroxylation sites is 1. The van der Waals surface area contributed by atoms with E-state index in [-0.39, 0.29) is 36.6 Å². The third-order valence-corrected chi connectivity index (χ3v) is 10.1. The van der Waals surface area contributed by atoms with Crippen LogP contribution in [0.4, 0.5) is 10.1 Å². The summed E-state index contributed by atoms with van der Waals surface area (Å²) in [5.41, 5.74) is -0.135. The van der Waals surface area contributed by atoms with E-state index in [4.69, 9.17) is 0 Å². The first-order chi connectivity index (χ1) is 20.7. The predicted octanol–water partition coefficient (Wildman–Crippen LogP) is 3.60. The van der Waals surface area contributed by atoms with Gasteiger partial charge in [-0.3, -0.25) is 14.4 Å². The third-order valence-electron chi connectivity index (χ3n) is 8.65. The lowest BCUT2D eigenvalue weighted by atomic mass is 9.80. The van der Waals surface area contributed by atoms with Crippen LogP contribution in [-0.2, 0) is 29.8 Å². The molecule has 2 aliphatic heterocycles. The van der Waals surface area contributed by atoms with Gasteiger partial charge in [0.15, 0.2) is 0 Å². The number of carbonyl (C=O) groups is 3. The standard InChI is InChI=1S/C32H38FN5O5S/c1-31(2,3)17-27(29(40)38-19-32(16-22(38)18-34)24-6-4-5-7-25(24)36-30(32)41)35-28(39)26(15-10-20-8-9-20)37-44(42,43)23-13-11-21(33)12-14-23/h4-7,11-14,20,22,26-27,37H,8-10,15-17,19H2,1-3H3,(H,35,39)(H,36,41)/t22-,26-,27-,32-/m0/s1. The zero-order valence-corrected chi connectivity index (χ0v) is 25.9. The summed E-state index contributed by atoms with van der Waals surface area (Å²) >= 11 is 0. The first-order valence-electron chi connectivity index (χ1n) is 14.9. The molecule has 1 saturated heterocycles. The van der Waals surface area contributed by atoms with E-state index in [1.165, 1.54) is 4.90 Å². The Morgan fingerprint density at radius 1 is 1.14 bits per heavy atom. The van der Waals surface area contributed by atoms with Crippen molar-refractivity contribution in [1.29, 1.82) is 5.26 Å². The van der Waals surface area contributed by atoms with Gasteiger partial charge in [-0.2, -0.15) is 9.98 Å². The Morgan fingerprint density at radius 2 is 1.82 bits per heavy atom. The summed E-state index contributed by atoms with van der Waals surface area (Å²) in [5, 5.41) is 15.7. The lowest BCUT2D eigenvalue weighted by molar-refractivity contribution is -0.138. The number of nitriles is 1. The first-order valence-corrected chi connectivity index (χ1v) is 16.4. The molecule has 0 unspecified atom stereocenters. The number of nitrogens with one attached hydrogen (secondary N) is 3. The second kappa shape index (κ2) is 11.9. The largest absolute Gasteiger partial charge is 0.343 e. The predicted molar refractivity (Wildman–Crippen MR) is 161 cm³/mol. The number of fused-ring (bicyclic) bond motifs is 2. The Bertz CT molecular complexity index is 1600. The van der Waals surface area contributed by atoms with Gasteiger partial charge in [-0.1, -0.05) is 51.8 Å². The van der Waals surface area contributed by atoms with E-state index in [0.717, 1.165) is 42.7 Å². The highest BCUT2D eigenvalue weighted by Gasteiger charge is 2.56. The number of benzene rings is 2. The van der Waals surface area contributed by atoms with Crippen LogP contribution in [0.1, 0.15) is 64.9 Å². The molecule has 1 saturated carbocycles. The lowest BCUT2D eigenvalue weighted by Crippen LogP contribution is -2.56. The van der Waals surface area contributed by atoms with Gasteiger partial charge in [0.25, 0.3) is 0 Å². The fourth-order valence-electron chi connectivity index (χ4n) is 6.19. The summed E-state index contributed by atoms with van der Waals surface area (Å²) < 4.78 is 42.3. The number of likely N-dealkylation sites (tertiary alicyclic amines) is 1.